The summed E-state index contributed by atoms with van der Waals surface area (Å²) >= 11 is 0. The van der Waals surface area contributed by atoms with Crippen LogP contribution in [0.5, 0.6) is 5.75 Å². The first-order valence-electron chi connectivity index (χ1n) is 5.95. The third kappa shape index (κ3) is 2.46. The van der Waals surface area contributed by atoms with Crippen molar-refractivity contribution in [2.24, 2.45) is 0 Å². The highest BCUT2D eigenvalue weighted by atomic mass is 16.5. The van der Waals surface area contributed by atoms with Gasteiger partial charge in [-0.1, -0.05) is 24.8 Å². The molecule has 1 nitrogen and oxygen atoms in total. The largest absolute Gasteiger partial charge is 0.488 e. The van der Waals surface area contributed by atoms with Gasteiger partial charge in [-0.3, -0.25) is 0 Å². The van der Waals surface area contributed by atoms with Gasteiger partial charge in [-0.05, 0) is 51.2 Å². The third-order valence-electron chi connectivity index (χ3n) is 2.72. The molecule has 0 bridgehead atoms. The van der Waals surface area contributed by atoms with Crippen molar-refractivity contribution in [2.75, 3.05) is 0 Å². The number of ether oxygens (including phenoxy) is 1. The van der Waals surface area contributed by atoms with Crippen molar-refractivity contribution < 1.29 is 4.74 Å². The van der Waals surface area contributed by atoms with Gasteiger partial charge >= 0.3 is 0 Å². The highest BCUT2D eigenvalue weighted by Crippen LogP contribution is 2.46. The van der Waals surface area contributed by atoms with Gasteiger partial charge in [0.25, 0.3) is 0 Å². The minimum atomic E-state index is -0.135. The molecule has 1 aliphatic rings. The quantitative estimate of drug-likeness (QED) is 0.728. The second kappa shape index (κ2) is 3.97. The van der Waals surface area contributed by atoms with Crippen molar-refractivity contribution in [3.63, 3.8) is 0 Å². The Morgan fingerprint density at radius 2 is 2.00 bits per heavy atom. The average Bonchev–Trinajstić information content (AvgIpc) is 2.98. The topological polar surface area (TPSA) is 9.23 Å². The summed E-state index contributed by atoms with van der Waals surface area (Å²) in [4.78, 5) is 0. The van der Waals surface area contributed by atoms with Crippen LogP contribution in [0.2, 0.25) is 0 Å². The lowest BCUT2D eigenvalue weighted by Gasteiger charge is -2.24. The molecule has 0 heterocycles. The fraction of sp³-hybridized carbons (Fsp3) is 0.467. The van der Waals surface area contributed by atoms with E-state index < -0.39 is 0 Å². The van der Waals surface area contributed by atoms with Crippen LogP contribution in [0, 0.1) is 0 Å². The van der Waals surface area contributed by atoms with E-state index in [0.29, 0.717) is 5.92 Å². The molecule has 0 saturated heterocycles. The standard InChI is InChI=1S/C15H20O/c1-5-11-7-6-8-13(16-15(2,3)4)14(11)12-9-10-12/h5-8,12H,1,9-10H2,2-4H3. The van der Waals surface area contributed by atoms with Gasteiger partial charge in [-0.25, -0.2) is 0 Å². The van der Waals surface area contributed by atoms with E-state index in [9.17, 15) is 0 Å². The Morgan fingerprint density at radius 1 is 1.31 bits per heavy atom. The Morgan fingerprint density at radius 3 is 2.50 bits per heavy atom. The van der Waals surface area contributed by atoms with E-state index in [1.165, 1.54) is 24.0 Å². The monoisotopic (exact) mass is 216 g/mol. The number of hydrogen-bond donors (Lipinski definition) is 0. The van der Waals surface area contributed by atoms with E-state index >= 15 is 0 Å². The average molecular weight is 216 g/mol. The van der Waals surface area contributed by atoms with E-state index in [1.807, 2.05) is 12.1 Å². The first-order valence-corrected chi connectivity index (χ1v) is 5.95. The van der Waals surface area contributed by atoms with Gasteiger partial charge in [-0.2, -0.15) is 0 Å². The number of benzene rings is 1. The van der Waals surface area contributed by atoms with Gasteiger partial charge in [0.05, 0.1) is 0 Å². The van der Waals surface area contributed by atoms with Gasteiger partial charge in [0.2, 0.25) is 0 Å². The van der Waals surface area contributed by atoms with Gasteiger partial charge in [0, 0.05) is 5.56 Å². The Hall–Kier alpha value is -1.24. The van der Waals surface area contributed by atoms with Crippen LogP contribution in [0.15, 0.2) is 24.8 Å². The van der Waals surface area contributed by atoms with Crippen LogP contribution in [0.1, 0.15) is 50.7 Å². The van der Waals surface area contributed by atoms with E-state index in [4.69, 9.17) is 4.74 Å². The first-order chi connectivity index (χ1) is 7.51. The van der Waals surface area contributed by atoms with Crippen molar-refractivity contribution in [1.82, 2.24) is 0 Å². The van der Waals surface area contributed by atoms with Crippen LogP contribution < -0.4 is 4.74 Å². The zero-order valence-electron chi connectivity index (χ0n) is 10.4. The molecule has 0 aromatic heterocycles. The second-order valence-electron chi connectivity index (χ2n) is 5.45. The Kier molecular flexibility index (Phi) is 2.79. The van der Waals surface area contributed by atoms with Crippen LogP contribution in [0.4, 0.5) is 0 Å². The maximum Gasteiger partial charge on any atom is 0.124 e. The summed E-state index contributed by atoms with van der Waals surface area (Å²) in [7, 11) is 0. The molecule has 0 aliphatic heterocycles. The summed E-state index contributed by atoms with van der Waals surface area (Å²) in [5, 5.41) is 0. The summed E-state index contributed by atoms with van der Waals surface area (Å²) in [5.74, 6) is 1.72. The SMILES string of the molecule is C=Cc1cccc(OC(C)(C)C)c1C1CC1. The zero-order chi connectivity index (χ0) is 11.8. The van der Waals surface area contributed by atoms with Crippen LogP contribution in [0.25, 0.3) is 6.08 Å². The lowest BCUT2D eigenvalue weighted by Crippen LogP contribution is -2.23. The van der Waals surface area contributed by atoms with Crippen LogP contribution >= 0.6 is 0 Å². The minimum absolute atomic E-state index is 0.135. The summed E-state index contributed by atoms with van der Waals surface area (Å²) in [5.41, 5.74) is 2.44. The Balaban J connectivity index is 2.39. The van der Waals surface area contributed by atoms with Crippen LogP contribution in [-0.4, -0.2) is 5.60 Å². The maximum atomic E-state index is 6.03. The second-order valence-corrected chi connectivity index (χ2v) is 5.45. The molecular formula is C15H20O. The molecule has 1 heteroatoms. The molecule has 2 rings (SSSR count). The third-order valence-corrected chi connectivity index (χ3v) is 2.72. The molecule has 1 aromatic rings. The number of hydrogen-bond acceptors (Lipinski definition) is 1. The van der Waals surface area contributed by atoms with Crippen LogP contribution in [-0.2, 0) is 0 Å². The highest BCUT2D eigenvalue weighted by Gasteiger charge is 2.29. The molecule has 1 aliphatic carbocycles. The van der Waals surface area contributed by atoms with E-state index in [-0.39, 0.29) is 5.60 Å². The van der Waals surface area contributed by atoms with Crippen molar-refractivity contribution >= 4 is 6.08 Å². The van der Waals surface area contributed by atoms with Crippen LogP contribution in [0.3, 0.4) is 0 Å². The Labute approximate surface area is 98.1 Å². The molecular weight excluding hydrogens is 196 g/mol. The predicted octanol–water partition coefficient (Wildman–Crippen LogP) is 4.38. The lowest BCUT2D eigenvalue weighted by molar-refractivity contribution is 0.129. The van der Waals surface area contributed by atoms with E-state index in [0.717, 1.165) is 5.75 Å². The molecule has 86 valence electrons. The molecule has 16 heavy (non-hydrogen) atoms. The molecule has 1 aromatic carbocycles. The summed E-state index contributed by atoms with van der Waals surface area (Å²) < 4.78 is 6.03. The fourth-order valence-corrected chi connectivity index (χ4v) is 1.97. The molecule has 0 N–H and O–H groups in total. The fourth-order valence-electron chi connectivity index (χ4n) is 1.97. The van der Waals surface area contributed by atoms with Gasteiger partial charge in [0.1, 0.15) is 11.4 Å². The first kappa shape index (κ1) is 11.3. The smallest absolute Gasteiger partial charge is 0.124 e. The zero-order valence-corrected chi connectivity index (χ0v) is 10.4. The molecule has 0 radical (unpaired) electrons. The van der Waals surface area contributed by atoms with Crippen molar-refractivity contribution in [3.8, 4) is 5.75 Å². The highest BCUT2D eigenvalue weighted by molar-refractivity contribution is 5.59. The molecule has 0 unspecified atom stereocenters. The van der Waals surface area contributed by atoms with E-state index in [1.54, 1.807) is 0 Å². The molecule has 0 amide bonds. The summed E-state index contributed by atoms with van der Waals surface area (Å²) in [6.07, 6.45) is 4.50. The maximum absolute atomic E-state index is 6.03. The van der Waals surface area contributed by atoms with Crippen molar-refractivity contribution in [2.45, 2.75) is 45.1 Å². The number of rotatable bonds is 3. The van der Waals surface area contributed by atoms with Gasteiger partial charge in [0.15, 0.2) is 0 Å². The molecule has 0 spiro atoms. The minimum Gasteiger partial charge on any atom is -0.488 e. The molecule has 1 saturated carbocycles. The van der Waals surface area contributed by atoms with Crippen molar-refractivity contribution in [1.29, 1.82) is 0 Å². The van der Waals surface area contributed by atoms with Crippen molar-refractivity contribution in [3.05, 3.63) is 35.9 Å². The van der Waals surface area contributed by atoms with Gasteiger partial charge < -0.3 is 4.74 Å². The van der Waals surface area contributed by atoms with Gasteiger partial charge in [-0.15, -0.1) is 0 Å². The predicted molar refractivity (Wildman–Crippen MR) is 68.9 cm³/mol. The summed E-state index contributed by atoms with van der Waals surface area (Å²) in [6.45, 7) is 10.1. The Bertz CT molecular complexity index is 394. The van der Waals surface area contributed by atoms with E-state index in [2.05, 4.69) is 39.5 Å². The molecule has 1 fully saturated rings. The molecule has 0 atom stereocenters. The summed E-state index contributed by atoms with van der Waals surface area (Å²) in [6, 6.07) is 6.24. The lowest BCUT2D eigenvalue weighted by atomic mass is 10.0. The normalized spacial score (nSPS) is 15.9.